The Labute approximate surface area is 361 Å². The summed E-state index contributed by atoms with van der Waals surface area (Å²) in [5.41, 5.74) is 2.47. The Morgan fingerprint density at radius 1 is 0.400 bits per heavy atom. The molecule has 0 aliphatic heterocycles. The lowest BCUT2D eigenvalue weighted by Crippen LogP contribution is -2.08. The molecule has 0 bridgehead atoms. The van der Waals surface area contributed by atoms with E-state index in [1.807, 2.05) is 36.4 Å². The van der Waals surface area contributed by atoms with Crippen LogP contribution in [-0.4, -0.2) is 31.4 Å². The lowest BCUT2D eigenvalue weighted by Gasteiger charge is -2.08. The second-order valence-corrected chi connectivity index (χ2v) is 15.9. The third-order valence-electron chi connectivity index (χ3n) is 10.7. The highest BCUT2D eigenvalue weighted by molar-refractivity contribution is 5.92. The molecule has 4 aromatic rings. The third-order valence-corrected chi connectivity index (χ3v) is 10.7. The van der Waals surface area contributed by atoms with Crippen LogP contribution >= 0.6 is 0 Å². The molecular weight excluding hydrogens is 747 g/mol. The van der Waals surface area contributed by atoms with Crippen molar-refractivity contribution in [2.75, 3.05) is 13.2 Å². The first-order valence-electron chi connectivity index (χ1n) is 23.2. The monoisotopic (exact) mass is 818 g/mol. The normalized spacial score (nSPS) is 11.2. The van der Waals surface area contributed by atoms with Crippen LogP contribution in [0.3, 0.4) is 0 Å². The van der Waals surface area contributed by atoms with Crippen molar-refractivity contribution in [2.24, 2.45) is 4.99 Å². The highest BCUT2D eigenvalue weighted by Crippen LogP contribution is 2.22. The maximum Gasteiger partial charge on any atom is 0.343 e. The Morgan fingerprint density at radius 2 is 0.717 bits per heavy atom. The molecule has 0 saturated carbocycles. The van der Waals surface area contributed by atoms with Crippen LogP contribution in [0.5, 0.6) is 23.0 Å². The van der Waals surface area contributed by atoms with Gasteiger partial charge in [-0.05, 0) is 115 Å². The average Bonchev–Trinajstić information content (AvgIpc) is 3.27. The number of hydrogen-bond acceptors (Lipinski definition) is 7. The fraction of sp³-hybridized carbons (Fsp3) is 0.491. The Balaban J connectivity index is 1.07. The van der Waals surface area contributed by atoms with Crippen LogP contribution < -0.4 is 18.9 Å². The number of carbonyl (C=O) groups is 2. The Bertz CT molecular complexity index is 1750. The van der Waals surface area contributed by atoms with Crippen LogP contribution in [0.1, 0.15) is 181 Å². The summed E-state index contributed by atoms with van der Waals surface area (Å²) in [7, 11) is 0. The first kappa shape index (κ1) is 47.8. The zero-order valence-corrected chi connectivity index (χ0v) is 36.7. The molecule has 7 heteroatoms. The molecule has 0 unspecified atom stereocenters. The standard InChI is InChI=1S/C53H71NO6/c1-3-5-7-9-11-13-15-16-18-20-22-24-42-57-48-35-27-45(28-36-48)52(55)59-50-33-25-44(26-34-50)43-54-47-31-39-51(40-32-47)60-53(56)46-29-37-49(38-30-46)58-41-23-21-19-17-14-12-10-8-6-4-2/h25-40,43H,3-24,41-42H2,1-2H3. The van der Waals surface area contributed by atoms with Crippen LogP contribution in [0.2, 0.25) is 0 Å². The number of esters is 2. The van der Waals surface area contributed by atoms with Crippen molar-refractivity contribution in [1.82, 2.24) is 0 Å². The first-order valence-corrected chi connectivity index (χ1v) is 23.2. The fourth-order valence-electron chi connectivity index (χ4n) is 6.99. The van der Waals surface area contributed by atoms with Crippen molar-refractivity contribution in [1.29, 1.82) is 0 Å². The largest absolute Gasteiger partial charge is 0.494 e. The number of benzene rings is 4. The van der Waals surface area contributed by atoms with Gasteiger partial charge in [-0.2, -0.15) is 0 Å². The van der Waals surface area contributed by atoms with Gasteiger partial charge in [0.25, 0.3) is 0 Å². The van der Waals surface area contributed by atoms with Gasteiger partial charge in [-0.25, -0.2) is 9.59 Å². The number of ether oxygens (including phenoxy) is 4. The van der Waals surface area contributed by atoms with Crippen LogP contribution in [-0.2, 0) is 0 Å². The van der Waals surface area contributed by atoms with Gasteiger partial charge in [0.1, 0.15) is 23.0 Å². The van der Waals surface area contributed by atoms with Gasteiger partial charge in [0.05, 0.1) is 30.0 Å². The van der Waals surface area contributed by atoms with Gasteiger partial charge in [-0.15, -0.1) is 0 Å². The summed E-state index contributed by atoms with van der Waals surface area (Å²) in [6, 6.07) is 28.4. The van der Waals surface area contributed by atoms with Gasteiger partial charge < -0.3 is 18.9 Å². The van der Waals surface area contributed by atoms with E-state index in [1.54, 1.807) is 66.9 Å². The molecule has 0 aromatic heterocycles. The third kappa shape index (κ3) is 20.4. The Morgan fingerprint density at radius 3 is 1.08 bits per heavy atom. The number of rotatable bonds is 32. The molecule has 0 N–H and O–H groups in total. The predicted molar refractivity (Wildman–Crippen MR) is 247 cm³/mol. The lowest BCUT2D eigenvalue weighted by atomic mass is 10.1. The van der Waals surface area contributed by atoms with Crippen LogP contribution in [0.4, 0.5) is 5.69 Å². The zero-order valence-electron chi connectivity index (χ0n) is 36.7. The number of aliphatic imine (C=N–C) groups is 1. The summed E-state index contributed by atoms with van der Waals surface area (Å²) >= 11 is 0. The average molecular weight is 818 g/mol. The van der Waals surface area contributed by atoms with Gasteiger partial charge in [-0.1, -0.05) is 142 Å². The molecule has 0 aliphatic carbocycles. The first-order chi connectivity index (χ1) is 29.5. The van der Waals surface area contributed by atoms with E-state index in [9.17, 15) is 9.59 Å². The lowest BCUT2D eigenvalue weighted by molar-refractivity contribution is 0.0725. The second kappa shape index (κ2) is 30.2. The smallest absolute Gasteiger partial charge is 0.343 e. The molecule has 4 aromatic carbocycles. The van der Waals surface area contributed by atoms with Gasteiger partial charge in [0.2, 0.25) is 0 Å². The topological polar surface area (TPSA) is 83.4 Å². The number of hydrogen-bond donors (Lipinski definition) is 0. The van der Waals surface area contributed by atoms with Crippen molar-refractivity contribution in [2.45, 2.75) is 155 Å². The Hall–Kier alpha value is -4.91. The van der Waals surface area contributed by atoms with E-state index in [0.29, 0.717) is 41.5 Å². The summed E-state index contributed by atoms with van der Waals surface area (Å²) in [5.74, 6) is 1.54. The molecule has 4 rings (SSSR count). The maximum absolute atomic E-state index is 12.8. The van der Waals surface area contributed by atoms with Crippen molar-refractivity contribution < 1.29 is 28.5 Å². The van der Waals surface area contributed by atoms with Crippen LogP contribution in [0.25, 0.3) is 0 Å². The molecule has 0 spiro atoms. The van der Waals surface area contributed by atoms with E-state index in [0.717, 1.165) is 29.9 Å². The van der Waals surface area contributed by atoms with E-state index in [-0.39, 0.29) is 0 Å². The summed E-state index contributed by atoms with van der Waals surface area (Å²) in [6.07, 6.45) is 30.4. The zero-order chi connectivity index (χ0) is 42.3. The van der Waals surface area contributed by atoms with Gasteiger partial charge >= 0.3 is 11.9 Å². The molecule has 0 atom stereocenters. The number of unbranched alkanes of at least 4 members (excludes halogenated alkanes) is 20. The minimum Gasteiger partial charge on any atom is -0.494 e. The quantitative estimate of drug-likeness (QED) is 0.0211. The Kier molecular flexibility index (Phi) is 24.0. The number of nitrogens with zero attached hydrogens (tertiary/aromatic N) is 1. The van der Waals surface area contributed by atoms with E-state index >= 15 is 0 Å². The summed E-state index contributed by atoms with van der Waals surface area (Å²) in [5, 5.41) is 0. The molecule has 7 nitrogen and oxygen atoms in total. The van der Waals surface area contributed by atoms with Crippen LogP contribution in [0.15, 0.2) is 102 Å². The van der Waals surface area contributed by atoms with Crippen molar-refractivity contribution >= 4 is 23.8 Å². The SMILES string of the molecule is CCCCCCCCCCCCCCOc1ccc(C(=O)Oc2ccc(C=Nc3ccc(OC(=O)c4ccc(OCCCCCCCCCCCC)cc4)cc3)cc2)cc1. The molecule has 0 radical (unpaired) electrons. The predicted octanol–water partition coefficient (Wildman–Crippen LogP) is 15.3. The van der Waals surface area contributed by atoms with Gasteiger partial charge in [0, 0.05) is 6.21 Å². The summed E-state index contributed by atoms with van der Waals surface area (Å²) in [4.78, 5) is 30.1. The highest BCUT2D eigenvalue weighted by atomic mass is 16.5. The summed E-state index contributed by atoms with van der Waals surface area (Å²) < 4.78 is 23.0. The van der Waals surface area contributed by atoms with E-state index < -0.39 is 11.9 Å². The minimum absolute atomic E-state index is 0.425. The molecule has 0 saturated heterocycles. The van der Waals surface area contributed by atoms with Crippen molar-refractivity contribution in [3.63, 3.8) is 0 Å². The second-order valence-electron chi connectivity index (χ2n) is 15.9. The van der Waals surface area contributed by atoms with E-state index in [4.69, 9.17) is 18.9 Å². The molecule has 0 amide bonds. The molecule has 0 fully saturated rings. The minimum atomic E-state index is -0.431. The van der Waals surface area contributed by atoms with Crippen molar-refractivity contribution in [3.05, 3.63) is 114 Å². The van der Waals surface area contributed by atoms with E-state index in [1.165, 1.54) is 128 Å². The molecule has 0 heterocycles. The molecule has 324 valence electrons. The van der Waals surface area contributed by atoms with Gasteiger partial charge in [-0.3, -0.25) is 4.99 Å². The highest BCUT2D eigenvalue weighted by Gasteiger charge is 2.11. The number of carbonyl (C=O) groups excluding carboxylic acids is 2. The molecule has 0 aliphatic rings. The van der Waals surface area contributed by atoms with Gasteiger partial charge in [0.15, 0.2) is 0 Å². The fourth-order valence-corrected chi connectivity index (χ4v) is 6.99. The molecular formula is C53H71NO6. The molecule has 60 heavy (non-hydrogen) atoms. The summed E-state index contributed by atoms with van der Waals surface area (Å²) in [6.45, 7) is 5.89. The van der Waals surface area contributed by atoms with Crippen LogP contribution in [0, 0.1) is 0 Å². The van der Waals surface area contributed by atoms with Crippen molar-refractivity contribution in [3.8, 4) is 23.0 Å². The maximum atomic E-state index is 12.8. The van der Waals surface area contributed by atoms with E-state index in [2.05, 4.69) is 18.8 Å².